The third kappa shape index (κ3) is 7.13. The summed E-state index contributed by atoms with van der Waals surface area (Å²) in [4.78, 5) is 31.0. The lowest BCUT2D eigenvalue weighted by Gasteiger charge is -2.26. The summed E-state index contributed by atoms with van der Waals surface area (Å²) in [5, 5.41) is 6.24. The van der Waals surface area contributed by atoms with Gasteiger partial charge in [0.1, 0.15) is 0 Å². The molecule has 9 heteroatoms. The number of nitrogens with one attached hydrogen (secondary N) is 1. The second-order valence-electron chi connectivity index (χ2n) is 9.36. The molecule has 196 valence electrons. The van der Waals surface area contributed by atoms with Crippen LogP contribution in [0, 0.1) is 0 Å². The molecule has 0 unspecified atom stereocenters. The first-order valence-electron chi connectivity index (χ1n) is 12.7. The highest BCUT2D eigenvalue weighted by Crippen LogP contribution is 2.33. The van der Waals surface area contributed by atoms with Gasteiger partial charge in [-0.25, -0.2) is 4.79 Å². The normalized spacial score (nSPS) is 14.1. The first-order valence-corrected chi connectivity index (χ1v) is 13.5. The van der Waals surface area contributed by atoms with E-state index in [-0.39, 0.29) is 12.0 Å². The quantitative estimate of drug-likeness (QED) is 0.206. The van der Waals surface area contributed by atoms with E-state index < -0.39 is 5.91 Å². The minimum absolute atomic E-state index is 0.215. The number of benzene rings is 3. The number of hydrogen-bond acceptors (Lipinski definition) is 2. The Hall–Kier alpha value is -3.85. The SMILES string of the molecule is NC(N=[NH2+])=NC(=O)c1ccc(CN(C(=O)NCc2ccccc2Br)c2ccc(C3CCCCC3)cc2)cc1. The summed E-state index contributed by atoms with van der Waals surface area (Å²) < 4.78 is 0.940. The lowest BCUT2D eigenvalue weighted by atomic mass is 9.84. The van der Waals surface area contributed by atoms with E-state index in [1.807, 2.05) is 36.4 Å². The molecule has 0 aromatic heterocycles. The van der Waals surface area contributed by atoms with Gasteiger partial charge in [-0.1, -0.05) is 77.7 Å². The van der Waals surface area contributed by atoms with Crippen LogP contribution in [0.2, 0.25) is 0 Å². The highest BCUT2D eigenvalue weighted by molar-refractivity contribution is 9.10. The predicted molar refractivity (Wildman–Crippen MR) is 152 cm³/mol. The van der Waals surface area contributed by atoms with Crippen LogP contribution in [0.1, 0.15) is 65.1 Å². The van der Waals surface area contributed by atoms with E-state index in [2.05, 4.69) is 43.5 Å². The third-order valence-electron chi connectivity index (χ3n) is 6.80. The van der Waals surface area contributed by atoms with E-state index in [0.717, 1.165) is 21.3 Å². The Morgan fingerprint density at radius 2 is 1.66 bits per heavy atom. The zero-order valence-electron chi connectivity index (χ0n) is 21.1. The van der Waals surface area contributed by atoms with Gasteiger partial charge in [-0.05, 0) is 65.8 Å². The Balaban J connectivity index is 1.54. The molecule has 1 aliphatic carbocycles. The summed E-state index contributed by atoms with van der Waals surface area (Å²) in [5.41, 5.74) is 14.8. The number of guanidine groups is 1. The maximum absolute atomic E-state index is 13.4. The van der Waals surface area contributed by atoms with E-state index in [1.165, 1.54) is 37.7 Å². The lowest BCUT2D eigenvalue weighted by Crippen LogP contribution is -2.39. The van der Waals surface area contributed by atoms with Gasteiger partial charge in [-0.15, -0.1) is 5.53 Å². The number of rotatable bonds is 7. The molecule has 0 saturated heterocycles. The topological polar surface area (TPSA) is 126 Å². The zero-order chi connectivity index (χ0) is 26.9. The van der Waals surface area contributed by atoms with Gasteiger partial charge in [0, 0.05) is 27.4 Å². The molecule has 1 aliphatic rings. The Morgan fingerprint density at radius 3 is 2.32 bits per heavy atom. The Kier molecular flexibility index (Phi) is 9.37. The smallest absolute Gasteiger partial charge is 0.322 e. The van der Waals surface area contributed by atoms with Crippen molar-refractivity contribution in [1.29, 1.82) is 0 Å². The van der Waals surface area contributed by atoms with Crippen LogP contribution in [0.25, 0.3) is 0 Å². The first-order chi connectivity index (χ1) is 18.4. The standard InChI is InChI=1S/C29H31BrN6O2/c30-26-9-5-4-8-24(26)18-33-29(38)36(25-16-14-22(15-17-25)21-6-2-1-3-7-21)19-20-10-12-23(13-11-20)27(37)34-28(31)35-32/h4-5,8-17,21,32H,1-3,6-7,18-19H2,(H,33,38)(H2,31,34,37)/p+1. The van der Waals surface area contributed by atoms with Crippen molar-refractivity contribution >= 4 is 39.5 Å². The van der Waals surface area contributed by atoms with Gasteiger partial charge >= 0.3 is 6.03 Å². The lowest BCUT2D eigenvalue weighted by molar-refractivity contribution is -0.207. The molecule has 0 atom stereocenters. The Morgan fingerprint density at radius 1 is 0.974 bits per heavy atom. The number of urea groups is 1. The van der Waals surface area contributed by atoms with Crippen molar-refractivity contribution in [1.82, 2.24) is 5.32 Å². The fourth-order valence-electron chi connectivity index (χ4n) is 4.68. The second kappa shape index (κ2) is 13.1. The number of aliphatic imine (C=N–C) groups is 1. The molecule has 1 fully saturated rings. The average Bonchev–Trinajstić information content (AvgIpc) is 2.96. The van der Waals surface area contributed by atoms with Crippen LogP contribution in [-0.2, 0) is 13.1 Å². The van der Waals surface area contributed by atoms with Crippen LogP contribution in [0.4, 0.5) is 10.5 Å². The van der Waals surface area contributed by atoms with E-state index >= 15 is 0 Å². The third-order valence-corrected chi connectivity index (χ3v) is 7.58. The van der Waals surface area contributed by atoms with Crippen LogP contribution < -0.4 is 21.5 Å². The van der Waals surface area contributed by atoms with Gasteiger partial charge in [0.15, 0.2) is 0 Å². The molecule has 3 aromatic rings. The number of nitrogens with two attached hydrogens (primary N) is 2. The van der Waals surface area contributed by atoms with Crippen LogP contribution in [0.3, 0.4) is 0 Å². The molecule has 4 rings (SSSR count). The number of anilines is 1. The molecule has 38 heavy (non-hydrogen) atoms. The van der Waals surface area contributed by atoms with Crippen LogP contribution in [-0.4, -0.2) is 17.9 Å². The maximum atomic E-state index is 13.4. The maximum Gasteiger partial charge on any atom is 0.322 e. The highest BCUT2D eigenvalue weighted by atomic mass is 79.9. The molecule has 0 radical (unpaired) electrons. The predicted octanol–water partition coefficient (Wildman–Crippen LogP) is 5.08. The van der Waals surface area contributed by atoms with Crippen molar-refractivity contribution in [3.8, 4) is 0 Å². The van der Waals surface area contributed by atoms with Gasteiger partial charge < -0.3 is 11.1 Å². The van der Waals surface area contributed by atoms with Gasteiger partial charge in [0.2, 0.25) is 0 Å². The summed E-state index contributed by atoms with van der Waals surface area (Å²) in [6, 6.07) is 22.8. The van der Waals surface area contributed by atoms with Crippen molar-refractivity contribution in [3.63, 3.8) is 0 Å². The summed E-state index contributed by atoms with van der Waals surface area (Å²) in [5.74, 6) is -0.238. The van der Waals surface area contributed by atoms with Crippen LogP contribution in [0.15, 0.2) is 87.4 Å². The number of hydrogen-bond donors (Lipinski definition) is 3. The minimum atomic E-state index is -0.537. The fraction of sp³-hybridized carbons (Fsp3) is 0.276. The molecular weight excluding hydrogens is 544 g/mol. The van der Waals surface area contributed by atoms with Crippen molar-refractivity contribution in [2.75, 3.05) is 4.90 Å². The molecule has 0 bridgehead atoms. The molecule has 0 aliphatic heterocycles. The first kappa shape index (κ1) is 27.2. The van der Waals surface area contributed by atoms with Crippen molar-refractivity contribution in [2.24, 2.45) is 15.8 Å². The molecule has 1 saturated carbocycles. The summed E-state index contributed by atoms with van der Waals surface area (Å²) in [7, 11) is 0. The number of amides is 3. The van der Waals surface area contributed by atoms with Gasteiger partial charge in [0.05, 0.1) is 6.54 Å². The molecule has 3 amide bonds. The van der Waals surface area contributed by atoms with Gasteiger partial charge in [0.25, 0.3) is 11.9 Å². The fourth-order valence-corrected chi connectivity index (χ4v) is 5.11. The molecular formula is C29H32BrN6O2+. The molecule has 5 N–H and O–H groups in total. The van der Waals surface area contributed by atoms with Crippen LogP contribution in [0.5, 0.6) is 0 Å². The molecule has 0 spiro atoms. The minimum Gasteiger partial charge on any atom is -0.363 e. The molecule has 8 nitrogen and oxygen atoms in total. The van der Waals surface area contributed by atoms with Crippen molar-refractivity contribution in [3.05, 3.63) is 99.5 Å². The largest absolute Gasteiger partial charge is 0.363 e. The second-order valence-corrected chi connectivity index (χ2v) is 10.2. The molecule has 0 heterocycles. The summed E-state index contributed by atoms with van der Waals surface area (Å²) >= 11 is 3.54. The zero-order valence-corrected chi connectivity index (χ0v) is 22.7. The number of halogens is 1. The van der Waals surface area contributed by atoms with Crippen LogP contribution >= 0.6 is 15.9 Å². The van der Waals surface area contributed by atoms with Gasteiger partial charge in [-0.3, -0.25) is 9.69 Å². The summed E-state index contributed by atoms with van der Waals surface area (Å²) in [6.45, 7) is 0.707. The van der Waals surface area contributed by atoms with Gasteiger partial charge in [-0.2, -0.15) is 4.99 Å². The van der Waals surface area contributed by atoms with E-state index in [1.54, 1.807) is 29.2 Å². The van der Waals surface area contributed by atoms with Crippen molar-refractivity contribution in [2.45, 2.75) is 51.1 Å². The summed E-state index contributed by atoms with van der Waals surface area (Å²) in [6.07, 6.45) is 6.29. The number of nitrogens with zero attached hydrogens (tertiary/aromatic N) is 3. The van der Waals surface area contributed by atoms with E-state index in [0.29, 0.717) is 24.6 Å². The van der Waals surface area contributed by atoms with E-state index in [9.17, 15) is 9.59 Å². The average molecular weight is 577 g/mol. The number of carbonyl (C=O) groups is 2. The number of carbonyl (C=O) groups excluding carboxylic acids is 2. The monoisotopic (exact) mass is 575 g/mol. The van der Waals surface area contributed by atoms with E-state index in [4.69, 9.17) is 11.3 Å². The highest BCUT2D eigenvalue weighted by Gasteiger charge is 2.19. The molecule has 3 aromatic carbocycles. The van der Waals surface area contributed by atoms with Crippen molar-refractivity contribution < 1.29 is 15.1 Å². The Labute approximate surface area is 231 Å². The Bertz CT molecular complexity index is 1300.